The van der Waals surface area contributed by atoms with Gasteiger partial charge >= 0.3 is 0 Å². The first kappa shape index (κ1) is 15.1. The number of aromatic nitrogens is 1. The lowest BCUT2D eigenvalue weighted by Gasteiger charge is -2.26. The van der Waals surface area contributed by atoms with Crippen LogP contribution in [-0.4, -0.2) is 26.4 Å². The van der Waals surface area contributed by atoms with Crippen LogP contribution in [0.25, 0.3) is 0 Å². The molecule has 22 heavy (non-hydrogen) atoms. The Bertz CT molecular complexity index is 869. The number of sulfonamides is 1. The highest BCUT2D eigenvalue weighted by molar-refractivity contribution is 7.90. The van der Waals surface area contributed by atoms with Crippen molar-refractivity contribution in [2.75, 3.05) is 17.3 Å². The van der Waals surface area contributed by atoms with Crippen molar-refractivity contribution in [3.8, 4) is 0 Å². The van der Waals surface area contributed by atoms with Gasteiger partial charge < -0.3 is 10.2 Å². The van der Waals surface area contributed by atoms with E-state index < -0.39 is 10.0 Å². The van der Waals surface area contributed by atoms with E-state index in [1.807, 2.05) is 0 Å². The zero-order valence-corrected chi connectivity index (χ0v) is 13.6. The molecule has 0 amide bonds. The van der Waals surface area contributed by atoms with Crippen molar-refractivity contribution >= 4 is 50.6 Å². The zero-order valence-electron chi connectivity index (χ0n) is 11.3. The van der Waals surface area contributed by atoms with Crippen molar-refractivity contribution in [3.05, 3.63) is 46.7 Å². The highest BCUT2D eigenvalue weighted by atomic mass is 35.5. The lowest BCUT2D eigenvalue weighted by Crippen LogP contribution is -2.36. The van der Waals surface area contributed by atoms with Crippen molar-refractivity contribution < 1.29 is 8.42 Å². The maximum absolute atomic E-state index is 12.4. The lowest BCUT2D eigenvalue weighted by atomic mass is 10.3. The van der Waals surface area contributed by atoms with Crippen molar-refractivity contribution in [2.45, 2.75) is 4.90 Å². The van der Waals surface area contributed by atoms with Crippen molar-refractivity contribution in [2.24, 2.45) is 4.40 Å². The van der Waals surface area contributed by atoms with Gasteiger partial charge in [0, 0.05) is 18.3 Å². The Morgan fingerprint density at radius 2 is 2.05 bits per heavy atom. The van der Waals surface area contributed by atoms with Gasteiger partial charge in [-0.3, -0.25) is 4.98 Å². The largest absolute Gasteiger partial charge is 0.324 e. The zero-order chi connectivity index (χ0) is 15.9. The quantitative estimate of drug-likeness (QED) is 0.849. The van der Waals surface area contributed by atoms with Gasteiger partial charge in [-0.05, 0) is 24.3 Å². The summed E-state index contributed by atoms with van der Waals surface area (Å²) in [6.07, 6.45) is 3.22. The van der Waals surface area contributed by atoms with Crippen molar-refractivity contribution in [1.82, 2.24) is 4.98 Å². The average Bonchev–Trinajstić information content (AvgIpc) is 2.45. The molecule has 0 fully saturated rings. The van der Waals surface area contributed by atoms with E-state index in [-0.39, 0.29) is 15.9 Å². The molecule has 0 atom stereocenters. The smallest absolute Gasteiger partial charge is 0.289 e. The number of pyridine rings is 1. The summed E-state index contributed by atoms with van der Waals surface area (Å²) in [5, 5.41) is 3.29. The minimum absolute atomic E-state index is 0.0295. The minimum atomic E-state index is -3.92. The van der Waals surface area contributed by atoms with Crippen LogP contribution in [-0.2, 0) is 10.0 Å². The van der Waals surface area contributed by atoms with Gasteiger partial charge in [0.1, 0.15) is 4.90 Å². The lowest BCUT2D eigenvalue weighted by molar-refractivity contribution is 0.597. The number of fused-ring (bicyclic) bond motifs is 1. The summed E-state index contributed by atoms with van der Waals surface area (Å²) >= 11 is 11.9. The molecule has 0 saturated carbocycles. The fourth-order valence-electron chi connectivity index (χ4n) is 2.04. The van der Waals surface area contributed by atoms with Crippen molar-refractivity contribution in [3.63, 3.8) is 0 Å². The normalized spacial score (nSPS) is 15.5. The molecule has 1 N–H and O–H groups in total. The predicted molar refractivity (Wildman–Crippen MR) is 87.3 cm³/mol. The Hall–Kier alpha value is -1.83. The number of rotatable bonds is 1. The fourth-order valence-corrected chi connectivity index (χ4v) is 4.00. The first-order valence-electron chi connectivity index (χ1n) is 6.13. The van der Waals surface area contributed by atoms with Gasteiger partial charge in [-0.15, -0.1) is 4.40 Å². The van der Waals surface area contributed by atoms with Gasteiger partial charge in [0.15, 0.2) is 0 Å². The predicted octanol–water partition coefficient (Wildman–Crippen LogP) is 3.00. The van der Waals surface area contributed by atoms with Crippen LogP contribution in [0.3, 0.4) is 0 Å². The summed E-state index contributed by atoms with van der Waals surface area (Å²) in [5.74, 6) is 0.138. The number of hydrogen-bond donors (Lipinski definition) is 1. The number of anilines is 2. The third-order valence-electron chi connectivity index (χ3n) is 3.07. The number of halogens is 2. The molecule has 1 aromatic heterocycles. The number of benzene rings is 1. The average molecular weight is 357 g/mol. The van der Waals surface area contributed by atoms with Gasteiger partial charge in [-0.25, -0.2) is 0 Å². The maximum atomic E-state index is 12.4. The van der Waals surface area contributed by atoms with Gasteiger partial charge in [0.05, 0.1) is 22.6 Å². The van der Waals surface area contributed by atoms with Crippen LogP contribution in [0.15, 0.2) is 46.0 Å². The number of nitrogens with one attached hydrogen (secondary N) is 1. The highest BCUT2D eigenvalue weighted by Crippen LogP contribution is 2.36. The molecular weight excluding hydrogens is 347 g/mol. The van der Waals surface area contributed by atoms with Crippen LogP contribution in [0.1, 0.15) is 0 Å². The van der Waals surface area contributed by atoms with E-state index >= 15 is 0 Å². The van der Waals surface area contributed by atoms with E-state index in [2.05, 4.69) is 14.7 Å². The molecule has 0 spiro atoms. The second kappa shape index (κ2) is 5.42. The molecule has 2 aromatic rings. The van der Waals surface area contributed by atoms with Crippen LogP contribution in [0.2, 0.25) is 10.0 Å². The minimum Gasteiger partial charge on any atom is -0.324 e. The summed E-state index contributed by atoms with van der Waals surface area (Å²) in [7, 11) is -2.24. The SMILES string of the molecule is CN(C1=NS(=O)(=O)c2c(Cl)cc(Cl)cc2N1)c1cccnc1. The molecule has 0 radical (unpaired) electrons. The summed E-state index contributed by atoms with van der Waals surface area (Å²) in [6, 6.07) is 6.38. The summed E-state index contributed by atoms with van der Waals surface area (Å²) < 4.78 is 28.5. The van der Waals surface area contributed by atoms with Gasteiger partial charge in [-0.1, -0.05) is 23.2 Å². The van der Waals surface area contributed by atoms with Crippen LogP contribution >= 0.6 is 23.2 Å². The molecule has 9 heteroatoms. The molecule has 3 rings (SSSR count). The molecule has 114 valence electrons. The second-order valence-electron chi connectivity index (χ2n) is 4.55. The van der Waals surface area contributed by atoms with E-state index in [9.17, 15) is 8.42 Å². The summed E-state index contributed by atoms with van der Waals surface area (Å²) in [6.45, 7) is 0. The second-order valence-corrected chi connectivity index (χ2v) is 6.93. The molecule has 0 unspecified atom stereocenters. The Balaban J connectivity index is 2.09. The third-order valence-corrected chi connectivity index (χ3v) is 5.07. The summed E-state index contributed by atoms with van der Waals surface area (Å²) in [4.78, 5) is 5.48. The monoisotopic (exact) mass is 356 g/mol. The first-order valence-corrected chi connectivity index (χ1v) is 8.33. The standard InChI is InChI=1S/C13H10Cl2N4O2S/c1-19(9-3-2-4-16-7-9)13-17-11-6-8(14)5-10(15)12(11)22(20,21)18-13/h2-7H,1H3,(H,17,18). The molecular formula is C13H10Cl2N4O2S. The maximum Gasteiger partial charge on any atom is 0.289 e. The van der Waals surface area contributed by atoms with E-state index in [0.29, 0.717) is 16.4 Å². The van der Waals surface area contributed by atoms with E-state index in [1.54, 1.807) is 36.5 Å². The Morgan fingerprint density at radius 3 is 2.73 bits per heavy atom. The van der Waals surface area contributed by atoms with Gasteiger partial charge in [0.2, 0.25) is 5.96 Å². The molecule has 0 aliphatic carbocycles. The Morgan fingerprint density at radius 1 is 1.27 bits per heavy atom. The number of hydrogen-bond acceptors (Lipinski definition) is 5. The Labute approximate surface area is 137 Å². The molecule has 1 aliphatic heterocycles. The van der Waals surface area contributed by atoms with Crippen LogP contribution in [0.4, 0.5) is 11.4 Å². The molecule has 1 aromatic carbocycles. The number of nitrogens with zero attached hydrogens (tertiary/aromatic N) is 3. The Kier molecular flexibility index (Phi) is 3.72. The third kappa shape index (κ3) is 2.63. The fraction of sp³-hybridized carbons (Fsp3) is 0.0769. The van der Waals surface area contributed by atoms with E-state index in [1.165, 1.54) is 12.1 Å². The van der Waals surface area contributed by atoms with E-state index in [0.717, 1.165) is 0 Å². The molecule has 6 nitrogen and oxygen atoms in total. The van der Waals surface area contributed by atoms with Crippen molar-refractivity contribution in [1.29, 1.82) is 0 Å². The summed E-state index contributed by atoms with van der Waals surface area (Å²) in [5.41, 5.74) is 0.971. The molecule has 0 saturated heterocycles. The molecule has 0 bridgehead atoms. The first-order chi connectivity index (χ1) is 10.4. The molecule has 1 aliphatic rings. The van der Waals surface area contributed by atoms with Gasteiger partial charge in [0.25, 0.3) is 10.0 Å². The molecule has 2 heterocycles. The topological polar surface area (TPSA) is 74.7 Å². The van der Waals surface area contributed by atoms with Crippen LogP contribution in [0, 0.1) is 0 Å². The number of guanidine groups is 1. The highest BCUT2D eigenvalue weighted by Gasteiger charge is 2.30. The van der Waals surface area contributed by atoms with Crippen LogP contribution < -0.4 is 10.2 Å². The van der Waals surface area contributed by atoms with E-state index in [4.69, 9.17) is 23.2 Å². The van der Waals surface area contributed by atoms with Crippen LogP contribution in [0.5, 0.6) is 0 Å². The van der Waals surface area contributed by atoms with Gasteiger partial charge in [-0.2, -0.15) is 8.42 Å².